The number of halogens is 1. The Morgan fingerprint density at radius 1 is 1.42 bits per heavy atom. The van der Waals surface area contributed by atoms with Crippen LogP contribution < -0.4 is 5.73 Å². The molecule has 1 heterocycles. The summed E-state index contributed by atoms with van der Waals surface area (Å²) in [5.74, 6) is -0.118. The third-order valence-corrected chi connectivity index (χ3v) is 2.94. The van der Waals surface area contributed by atoms with Crippen LogP contribution in [0.1, 0.15) is 19.7 Å². The summed E-state index contributed by atoms with van der Waals surface area (Å²) in [6.07, 6.45) is 0.477. The lowest BCUT2D eigenvalue weighted by molar-refractivity contribution is 0.353. The Labute approximate surface area is 110 Å². The van der Waals surface area contributed by atoms with E-state index in [1.807, 2.05) is 13.8 Å². The first-order valence-electron chi connectivity index (χ1n) is 6.04. The first kappa shape index (κ1) is 13.5. The van der Waals surface area contributed by atoms with Crippen LogP contribution in [0.25, 0.3) is 11.4 Å². The number of hydrogen-bond donors (Lipinski definition) is 2. The topological polar surface area (TPSA) is 85.2 Å². The summed E-state index contributed by atoms with van der Waals surface area (Å²) >= 11 is 0. The van der Waals surface area contributed by atoms with Crippen molar-refractivity contribution in [1.29, 1.82) is 0 Å². The molecule has 1 aromatic heterocycles. The van der Waals surface area contributed by atoms with Crippen LogP contribution in [0.15, 0.2) is 22.7 Å². The minimum absolute atomic E-state index is 0.0650. The minimum Gasteiger partial charge on any atom is -0.505 e. The number of hydrogen-bond acceptors (Lipinski definition) is 5. The fourth-order valence-electron chi connectivity index (χ4n) is 1.54. The smallest absolute Gasteiger partial charge is 0.228 e. The first-order valence-corrected chi connectivity index (χ1v) is 6.04. The van der Waals surface area contributed by atoms with Crippen LogP contribution >= 0.6 is 0 Å². The Hall–Kier alpha value is -1.95. The maximum absolute atomic E-state index is 13.2. The Bertz CT molecular complexity index is 569. The van der Waals surface area contributed by atoms with E-state index in [-0.39, 0.29) is 11.9 Å². The number of phenolic OH excluding ortho intramolecular Hbond substituents is 1. The predicted molar refractivity (Wildman–Crippen MR) is 67.9 cm³/mol. The van der Waals surface area contributed by atoms with Crippen LogP contribution in [0.4, 0.5) is 4.39 Å². The Morgan fingerprint density at radius 2 is 2.16 bits per heavy atom. The molecule has 0 aliphatic rings. The molecule has 0 amide bonds. The fraction of sp³-hybridized carbons (Fsp3) is 0.385. The molecule has 1 atom stereocenters. The molecule has 6 heteroatoms. The van der Waals surface area contributed by atoms with E-state index in [9.17, 15) is 4.39 Å². The summed E-state index contributed by atoms with van der Waals surface area (Å²) in [5.41, 5.74) is 6.37. The summed E-state index contributed by atoms with van der Waals surface area (Å²) in [7, 11) is 0. The van der Waals surface area contributed by atoms with Gasteiger partial charge in [-0.1, -0.05) is 19.0 Å². The van der Waals surface area contributed by atoms with Crippen molar-refractivity contribution in [2.45, 2.75) is 26.3 Å². The van der Waals surface area contributed by atoms with Crippen LogP contribution in [0.3, 0.4) is 0 Å². The van der Waals surface area contributed by atoms with E-state index in [1.165, 1.54) is 12.1 Å². The SMILES string of the molecule is CC(C)C(N)Cc1nc(-c2ccc(O)c(F)c2)no1. The number of nitrogens with two attached hydrogens (primary N) is 1. The maximum Gasteiger partial charge on any atom is 0.228 e. The van der Waals surface area contributed by atoms with Gasteiger partial charge in [0.25, 0.3) is 0 Å². The molecule has 0 aliphatic heterocycles. The van der Waals surface area contributed by atoms with E-state index in [4.69, 9.17) is 15.4 Å². The molecule has 0 bridgehead atoms. The highest BCUT2D eigenvalue weighted by molar-refractivity contribution is 5.55. The molecule has 1 unspecified atom stereocenters. The van der Waals surface area contributed by atoms with Crippen LogP contribution in [0.5, 0.6) is 5.75 Å². The molecule has 19 heavy (non-hydrogen) atoms. The van der Waals surface area contributed by atoms with Crippen molar-refractivity contribution in [3.05, 3.63) is 29.9 Å². The monoisotopic (exact) mass is 265 g/mol. The van der Waals surface area contributed by atoms with Crippen LogP contribution in [-0.4, -0.2) is 21.3 Å². The van der Waals surface area contributed by atoms with Crippen LogP contribution in [-0.2, 0) is 6.42 Å². The minimum atomic E-state index is -0.720. The van der Waals surface area contributed by atoms with E-state index in [2.05, 4.69) is 10.1 Å². The van der Waals surface area contributed by atoms with Gasteiger partial charge in [0, 0.05) is 18.0 Å². The second kappa shape index (κ2) is 5.36. The average Bonchev–Trinajstić information content (AvgIpc) is 2.81. The molecule has 2 aromatic rings. The van der Waals surface area contributed by atoms with E-state index < -0.39 is 11.6 Å². The number of phenols is 1. The summed E-state index contributed by atoms with van der Waals surface area (Å²) in [5, 5.41) is 12.9. The van der Waals surface area contributed by atoms with Crippen molar-refractivity contribution < 1.29 is 14.0 Å². The van der Waals surface area contributed by atoms with E-state index in [0.29, 0.717) is 23.8 Å². The molecule has 0 spiro atoms. The molecule has 102 valence electrons. The third kappa shape index (κ3) is 3.08. The zero-order valence-electron chi connectivity index (χ0n) is 10.8. The molecule has 1 aromatic carbocycles. The number of benzene rings is 1. The van der Waals surface area contributed by atoms with Crippen LogP contribution in [0.2, 0.25) is 0 Å². The molecular formula is C13H16FN3O2. The van der Waals surface area contributed by atoms with Gasteiger partial charge in [0.1, 0.15) is 0 Å². The van der Waals surface area contributed by atoms with Crippen molar-refractivity contribution in [3.63, 3.8) is 0 Å². The molecule has 0 saturated heterocycles. The van der Waals surface area contributed by atoms with Crippen molar-refractivity contribution in [3.8, 4) is 17.1 Å². The Morgan fingerprint density at radius 3 is 2.79 bits per heavy atom. The van der Waals surface area contributed by atoms with Gasteiger partial charge in [-0.15, -0.1) is 0 Å². The maximum atomic E-state index is 13.2. The highest BCUT2D eigenvalue weighted by atomic mass is 19.1. The lowest BCUT2D eigenvalue weighted by Gasteiger charge is -2.11. The molecule has 3 N–H and O–H groups in total. The predicted octanol–water partition coefficient (Wildman–Crippen LogP) is 2.11. The number of aromatic hydroxyl groups is 1. The standard InChI is InChI=1S/C13H16FN3O2/c1-7(2)10(15)6-12-16-13(17-19-12)8-3-4-11(18)9(14)5-8/h3-5,7,10,18H,6,15H2,1-2H3. The zero-order valence-corrected chi connectivity index (χ0v) is 10.8. The molecule has 0 fully saturated rings. The van der Waals surface area contributed by atoms with Crippen molar-refractivity contribution in [2.24, 2.45) is 11.7 Å². The number of rotatable bonds is 4. The van der Waals surface area contributed by atoms with Crippen molar-refractivity contribution >= 4 is 0 Å². The van der Waals surface area contributed by atoms with E-state index in [1.54, 1.807) is 0 Å². The van der Waals surface area contributed by atoms with Gasteiger partial charge in [0.15, 0.2) is 11.6 Å². The Kier molecular flexibility index (Phi) is 3.80. The van der Waals surface area contributed by atoms with Crippen molar-refractivity contribution in [1.82, 2.24) is 10.1 Å². The summed E-state index contributed by atoms with van der Waals surface area (Å²) in [6, 6.07) is 3.87. The molecular weight excluding hydrogens is 249 g/mol. The third-order valence-electron chi connectivity index (χ3n) is 2.94. The molecule has 5 nitrogen and oxygen atoms in total. The average molecular weight is 265 g/mol. The van der Waals surface area contributed by atoms with E-state index in [0.717, 1.165) is 6.07 Å². The molecule has 0 radical (unpaired) electrons. The van der Waals surface area contributed by atoms with Gasteiger partial charge >= 0.3 is 0 Å². The van der Waals surface area contributed by atoms with Crippen LogP contribution in [0, 0.1) is 11.7 Å². The first-order chi connectivity index (χ1) is 8.97. The Balaban J connectivity index is 2.18. The van der Waals surface area contributed by atoms with Gasteiger partial charge in [-0.25, -0.2) is 4.39 Å². The second-order valence-corrected chi connectivity index (χ2v) is 4.79. The normalized spacial score (nSPS) is 12.9. The number of aromatic nitrogens is 2. The molecule has 0 saturated carbocycles. The second-order valence-electron chi connectivity index (χ2n) is 4.79. The van der Waals surface area contributed by atoms with Gasteiger partial charge in [-0.2, -0.15) is 4.98 Å². The molecule has 0 aliphatic carbocycles. The van der Waals surface area contributed by atoms with E-state index >= 15 is 0 Å². The summed E-state index contributed by atoms with van der Waals surface area (Å²) < 4.78 is 18.3. The summed E-state index contributed by atoms with van der Waals surface area (Å²) in [6.45, 7) is 4.02. The summed E-state index contributed by atoms with van der Waals surface area (Å²) in [4.78, 5) is 4.17. The van der Waals surface area contributed by atoms with Gasteiger partial charge < -0.3 is 15.4 Å². The highest BCUT2D eigenvalue weighted by Crippen LogP contribution is 2.23. The lowest BCUT2D eigenvalue weighted by Crippen LogP contribution is -2.28. The largest absolute Gasteiger partial charge is 0.505 e. The number of nitrogens with zero attached hydrogens (tertiary/aromatic N) is 2. The van der Waals surface area contributed by atoms with Gasteiger partial charge in [0.2, 0.25) is 11.7 Å². The lowest BCUT2D eigenvalue weighted by atomic mass is 10.0. The van der Waals surface area contributed by atoms with Crippen molar-refractivity contribution in [2.75, 3.05) is 0 Å². The quantitative estimate of drug-likeness (QED) is 0.884. The highest BCUT2D eigenvalue weighted by Gasteiger charge is 2.15. The van der Waals surface area contributed by atoms with Gasteiger partial charge in [-0.3, -0.25) is 0 Å². The fourth-order valence-corrected chi connectivity index (χ4v) is 1.54. The molecule has 2 rings (SSSR count). The van der Waals surface area contributed by atoms with Gasteiger partial charge in [-0.05, 0) is 24.1 Å². The van der Waals surface area contributed by atoms with Gasteiger partial charge in [0.05, 0.1) is 0 Å². The zero-order chi connectivity index (χ0) is 14.0.